The number of rotatable bonds is 6. The molecule has 1 saturated carbocycles. The summed E-state index contributed by atoms with van der Waals surface area (Å²) >= 11 is 0. The summed E-state index contributed by atoms with van der Waals surface area (Å²) in [7, 11) is 0. The normalized spacial score (nSPS) is 22.6. The van der Waals surface area contributed by atoms with Gasteiger partial charge in [-0.1, -0.05) is 42.5 Å². The van der Waals surface area contributed by atoms with E-state index in [2.05, 4.69) is 0 Å². The smallest absolute Gasteiger partial charge is 0.503 e. The van der Waals surface area contributed by atoms with Crippen molar-refractivity contribution in [1.82, 2.24) is 0 Å². The minimum Gasteiger partial charge on any atom is -0.508 e. The SMILES string of the molecule is O=C(/C=C/c1ccc(O)cc1)O[C@@H]1C[C@@H](OCc2ccccc2)C[C@H](O)[C@H]1O.O=C(O)O. The molecule has 9 nitrogen and oxygen atoms in total. The molecule has 9 heteroatoms. The van der Waals surface area contributed by atoms with Crippen molar-refractivity contribution in [1.29, 1.82) is 0 Å². The van der Waals surface area contributed by atoms with Gasteiger partial charge in [-0.3, -0.25) is 0 Å². The molecule has 0 aliphatic heterocycles. The number of benzene rings is 2. The average molecular weight is 446 g/mol. The molecule has 0 saturated heterocycles. The highest BCUT2D eigenvalue weighted by molar-refractivity contribution is 5.87. The van der Waals surface area contributed by atoms with Crippen LogP contribution in [-0.4, -0.2) is 62.1 Å². The molecule has 2 aromatic carbocycles. The molecule has 172 valence electrons. The number of carbonyl (C=O) groups is 2. The number of hydrogen-bond acceptors (Lipinski definition) is 7. The Kier molecular flexibility index (Phi) is 9.68. The molecule has 1 aliphatic carbocycles. The van der Waals surface area contributed by atoms with Crippen molar-refractivity contribution in [3.8, 4) is 5.75 Å². The quantitative estimate of drug-likeness (QED) is 0.333. The Morgan fingerprint density at radius 3 is 2.22 bits per heavy atom. The number of phenolic OH excluding ortho intramolecular Hbond substituents is 1. The highest BCUT2D eigenvalue weighted by Crippen LogP contribution is 2.26. The van der Waals surface area contributed by atoms with Gasteiger partial charge in [-0.25, -0.2) is 9.59 Å². The number of hydrogen-bond donors (Lipinski definition) is 5. The number of carboxylic acid groups (broad SMARTS) is 2. The monoisotopic (exact) mass is 446 g/mol. The molecular weight excluding hydrogens is 420 g/mol. The zero-order valence-electron chi connectivity index (χ0n) is 17.2. The van der Waals surface area contributed by atoms with Crippen LogP contribution < -0.4 is 0 Å². The second kappa shape index (κ2) is 12.5. The van der Waals surface area contributed by atoms with Crippen LogP contribution in [0, 0.1) is 0 Å². The van der Waals surface area contributed by atoms with E-state index in [9.17, 15) is 20.1 Å². The minimum atomic E-state index is -1.83. The zero-order chi connectivity index (χ0) is 23.5. The Balaban J connectivity index is 0.000000837. The van der Waals surface area contributed by atoms with Crippen LogP contribution in [0.15, 0.2) is 60.7 Å². The summed E-state index contributed by atoms with van der Waals surface area (Å²) < 4.78 is 11.2. The summed E-state index contributed by atoms with van der Waals surface area (Å²) in [5.41, 5.74) is 1.73. The minimum absolute atomic E-state index is 0.139. The van der Waals surface area contributed by atoms with Gasteiger partial charge < -0.3 is 35.0 Å². The van der Waals surface area contributed by atoms with Gasteiger partial charge in [-0.15, -0.1) is 0 Å². The van der Waals surface area contributed by atoms with Gasteiger partial charge in [-0.2, -0.15) is 0 Å². The fourth-order valence-electron chi connectivity index (χ4n) is 3.13. The van der Waals surface area contributed by atoms with Crippen LogP contribution >= 0.6 is 0 Å². The van der Waals surface area contributed by atoms with Crippen LogP contribution in [0.2, 0.25) is 0 Å². The lowest BCUT2D eigenvalue weighted by Gasteiger charge is -2.36. The third-order valence-corrected chi connectivity index (χ3v) is 4.68. The van der Waals surface area contributed by atoms with Crippen molar-refractivity contribution in [2.24, 2.45) is 0 Å². The lowest BCUT2D eigenvalue weighted by atomic mass is 9.89. The first-order chi connectivity index (χ1) is 15.2. The third-order valence-electron chi connectivity index (χ3n) is 4.68. The van der Waals surface area contributed by atoms with E-state index in [1.165, 1.54) is 18.2 Å². The summed E-state index contributed by atoms with van der Waals surface area (Å²) in [6.45, 7) is 0.385. The van der Waals surface area contributed by atoms with E-state index in [4.69, 9.17) is 24.5 Å². The maximum Gasteiger partial charge on any atom is 0.503 e. The molecule has 3 rings (SSSR count). The summed E-state index contributed by atoms with van der Waals surface area (Å²) in [5, 5.41) is 43.5. The van der Waals surface area contributed by atoms with E-state index < -0.39 is 30.4 Å². The Hall–Kier alpha value is -3.40. The third kappa shape index (κ3) is 8.76. The number of aliphatic hydroxyl groups excluding tert-OH is 2. The fourth-order valence-corrected chi connectivity index (χ4v) is 3.13. The molecule has 1 fully saturated rings. The first-order valence-electron chi connectivity index (χ1n) is 9.86. The van der Waals surface area contributed by atoms with Gasteiger partial charge in [0.05, 0.1) is 18.8 Å². The Morgan fingerprint density at radius 1 is 0.969 bits per heavy atom. The highest BCUT2D eigenvalue weighted by Gasteiger charge is 2.38. The van der Waals surface area contributed by atoms with Crippen LogP contribution in [0.4, 0.5) is 4.79 Å². The Morgan fingerprint density at radius 2 is 1.59 bits per heavy atom. The van der Waals surface area contributed by atoms with Crippen molar-refractivity contribution >= 4 is 18.2 Å². The number of carbonyl (C=O) groups excluding carboxylic acids is 1. The Bertz CT molecular complexity index is 876. The van der Waals surface area contributed by atoms with E-state index in [-0.39, 0.29) is 18.3 Å². The topological polar surface area (TPSA) is 154 Å². The molecule has 0 amide bonds. The molecule has 0 bridgehead atoms. The van der Waals surface area contributed by atoms with Crippen LogP contribution in [0.25, 0.3) is 6.08 Å². The van der Waals surface area contributed by atoms with Crippen LogP contribution in [0.3, 0.4) is 0 Å². The highest BCUT2D eigenvalue weighted by atomic mass is 16.6. The second-order valence-corrected chi connectivity index (χ2v) is 7.13. The summed E-state index contributed by atoms with van der Waals surface area (Å²) in [5.74, 6) is -0.478. The van der Waals surface area contributed by atoms with Crippen molar-refractivity contribution in [2.45, 2.75) is 43.9 Å². The lowest BCUT2D eigenvalue weighted by molar-refractivity contribution is -0.171. The van der Waals surface area contributed by atoms with Crippen molar-refractivity contribution in [3.63, 3.8) is 0 Å². The van der Waals surface area contributed by atoms with Gasteiger partial charge in [-0.05, 0) is 29.3 Å². The first-order valence-corrected chi connectivity index (χ1v) is 9.86. The molecule has 1 aliphatic rings. The molecule has 32 heavy (non-hydrogen) atoms. The molecule has 2 aromatic rings. The van der Waals surface area contributed by atoms with Gasteiger partial charge in [0.25, 0.3) is 0 Å². The van der Waals surface area contributed by atoms with E-state index in [0.717, 1.165) is 11.1 Å². The molecule has 0 aromatic heterocycles. The predicted octanol–water partition coefficient (Wildman–Crippen LogP) is 2.64. The number of phenols is 1. The van der Waals surface area contributed by atoms with E-state index in [1.54, 1.807) is 18.2 Å². The van der Waals surface area contributed by atoms with Gasteiger partial charge in [0, 0.05) is 18.9 Å². The first kappa shape index (κ1) is 24.9. The van der Waals surface area contributed by atoms with Crippen molar-refractivity contribution in [2.75, 3.05) is 0 Å². The molecule has 0 heterocycles. The van der Waals surface area contributed by atoms with Crippen molar-refractivity contribution in [3.05, 3.63) is 71.8 Å². The molecule has 5 N–H and O–H groups in total. The van der Waals surface area contributed by atoms with Crippen LogP contribution in [-0.2, 0) is 20.9 Å². The Labute approximate surface area is 184 Å². The summed E-state index contributed by atoms with van der Waals surface area (Å²) in [4.78, 5) is 20.7. The standard InChI is InChI=1S/C22H24O6.CH2O3/c23-17-9-6-15(7-10-17)8-11-21(25)28-20-13-18(12-19(24)22(20)26)27-14-16-4-2-1-3-5-16;2-1(3)4/h1-11,18-20,22-24,26H,12-14H2;(H2,2,3,4)/b11-8+;/t18-,19-,20+,22+;/m0./s1. The fraction of sp³-hybridized carbons (Fsp3) is 0.304. The molecule has 0 spiro atoms. The van der Waals surface area contributed by atoms with Crippen molar-refractivity contribution < 1.29 is 44.6 Å². The van der Waals surface area contributed by atoms with E-state index in [0.29, 0.717) is 13.0 Å². The van der Waals surface area contributed by atoms with E-state index >= 15 is 0 Å². The van der Waals surface area contributed by atoms with Gasteiger partial charge >= 0.3 is 12.1 Å². The second-order valence-electron chi connectivity index (χ2n) is 7.13. The van der Waals surface area contributed by atoms with Crippen LogP contribution in [0.5, 0.6) is 5.75 Å². The zero-order valence-corrected chi connectivity index (χ0v) is 17.2. The maximum atomic E-state index is 12.1. The molecular formula is C23H26O9. The molecule has 0 radical (unpaired) electrons. The van der Waals surface area contributed by atoms with E-state index in [1.807, 2.05) is 30.3 Å². The molecule has 0 unspecified atom stereocenters. The number of ether oxygens (including phenoxy) is 2. The van der Waals surface area contributed by atoms with Crippen LogP contribution in [0.1, 0.15) is 24.0 Å². The number of esters is 1. The number of aromatic hydroxyl groups is 1. The average Bonchev–Trinajstić information content (AvgIpc) is 2.75. The largest absolute Gasteiger partial charge is 0.508 e. The molecule has 4 atom stereocenters. The maximum absolute atomic E-state index is 12.1. The predicted molar refractivity (Wildman–Crippen MR) is 114 cm³/mol. The summed E-state index contributed by atoms with van der Waals surface area (Å²) in [6.07, 6.45) is -1.78. The number of aliphatic hydroxyl groups is 2. The lowest BCUT2D eigenvalue weighted by Crippen LogP contribution is -2.48. The summed E-state index contributed by atoms with van der Waals surface area (Å²) in [6, 6.07) is 16.0. The van der Waals surface area contributed by atoms with Gasteiger partial charge in [0.2, 0.25) is 0 Å². The van der Waals surface area contributed by atoms with Gasteiger partial charge in [0.15, 0.2) is 0 Å². The van der Waals surface area contributed by atoms with Gasteiger partial charge in [0.1, 0.15) is 18.0 Å².